The Bertz CT molecular complexity index is 3310. The van der Waals surface area contributed by atoms with Crippen LogP contribution in [0.5, 0.6) is 0 Å². The smallest absolute Gasteiger partial charge is 0.269 e. The molecule has 0 saturated heterocycles. The molecule has 63 heavy (non-hydrogen) atoms. The highest BCUT2D eigenvalue weighted by atomic mass is 35.5. The number of nitrogens with zero attached hydrogens (tertiary/aromatic N) is 6. The number of hydrogen-bond donors (Lipinski definition) is 1. The Hall–Kier alpha value is -6.50. The first-order valence-corrected chi connectivity index (χ1v) is 23.9. The van der Waals surface area contributed by atoms with Crippen molar-refractivity contribution in [3.05, 3.63) is 180 Å². The van der Waals surface area contributed by atoms with E-state index in [0.717, 1.165) is 35.6 Å². The van der Waals surface area contributed by atoms with Crippen LogP contribution in [0, 0.1) is 20.8 Å². The summed E-state index contributed by atoms with van der Waals surface area (Å²) < 4.78 is 79.8. The fraction of sp³-hybridized carbons (Fsp3) is 0.111. The van der Waals surface area contributed by atoms with E-state index in [9.17, 15) is 35.2 Å². The van der Waals surface area contributed by atoms with Crippen LogP contribution >= 0.6 is 11.6 Å². The van der Waals surface area contributed by atoms with Crippen LogP contribution in [0.2, 0.25) is 0 Å². The van der Waals surface area contributed by atoms with Crippen LogP contribution in [0.3, 0.4) is 0 Å². The van der Waals surface area contributed by atoms with Gasteiger partial charge in [-0.1, -0.05) is 53.1 Å². The van der Waals surface area contributed by atoms with Gasteiger partial charge in [-0.15, -0.1) is 11.6 Å². The Morgan fingerprint density at radius 3 is 1.21 bits per heavy atom. The summed E-state index contributed by atoms with van der Waals surface area (Å²) in [5.41, 5.74) is 5.51. The Labute approximate surface area is 368 Å². The number of carbonyl (C=O) groups excluding carboxylic acids is 1. The molecule has 9 aromatic rings. The van der Waals surface area contributed by atoms with Crippen molar-refractivity contribution in [1.82, 2.24) is 26.9 Å². The summed E-state index contributed by atoms with van der Waals surface area (Å²) in [7, 11) is -11.2. The normalized spacial score (nSPS) is 11.8. The van der Waals surface area contributed by atoms with E-state index in [2.05, 4.69) is 15.0 Å². The van der Waals surface area contributed by atoms with E-state index in [1.807, 2.05) is 26.8 Å². The zero-order valence-electron chi connectivity index (χ0n) is 33.9. The van der Waals surface area contributed by atoms with Gasteiger partial charge in [-0.25, -0.2) is 52.1 Å². The van der Waals surface area contributed by atoms with Crippen LogP contribution in [-0.4, -0.2) is 63.5 Å². The number of alkyl halides is 1. The molecule has 18 heteroatoms. The topological polar surface area (TPSA) is 193 Å². The molecule has 0 radical (unpaired) electrons. The van der Waals surface area contributed by atoms with E-state index in [0.29, 0.717) is 39.5 Å². The third kappa shape index (κ3) is 8.78. The Morgan fingerprint density at radius 2 is 0.841 bits per heavy atom. The lowest BCUT2D eigenvalue weighted by Gasteiger charge is -2.07. The molecule has 0 bridgehead atoms. The highest BCUT2D eigenvalue weighted by Gasteiger charge is 2.24. The number of fused-ring (bicyclic) bond motifs is 3. The molecule has 0 unspecified atom stereocenters. The van der Waals surface area contributed by atoms with E-state index in [1.165, 1.54) is 28.8 Å². The molecular weight excluding hydrogens is 884 g/mol. The van der Waals surface area contributed by atoms with Gasteiger partial charge in [-0.3, -0.25) is 4.79 Å². The van der Waals surface area contributed by atoms with E-state index in [-0.39, 0.29) is 32.8 Å². The van der Waals surface area contributed by atoms with Gasteiger partial charge in [0.05, 0.1) is 21.3 Å². The molecule has 0 aliphatic heterocycles. The third-order valence-electron chi connectivity index (χ3n) is 9.97. The number of aryl methyl sites for hydroxylation is 3. The van der Waals surface area contributed by atoms with E-state index >= 15 is 0 Å². The SMILES string of the molecule is Cc1ccc(S(=O)(=O)n2cc(C=O)c3cccnc32)cc1.Cc1ccc(S(=O)(=O)n2cc(CCl)c3cccnc32)cc1.Cc1ccc(S(=O)(=O)n2cc(CO)c3cccnc32)cc1. The highest BCUT2D eigenvalue weighted by molar-refractivity contribution is 7.90. The van der Waals surface area contributed by atoms with Crippen molar-refractivity contribution < 1.29 is 35.2 Å². The van der Waals surface area contributed by atoms with Crippen LogP contribution < -0.4 is 0 Å². The van der Waals surface area contributed by atoms with Gasteiger partial charge in [0.25, 0.3) is 30.1 Å². The fourth-order valence-electron chi connectivity index (χ4n) is 6.59. The number of pyridine rings is 3. The summed E-state index contributed by atoms with van der Waals surface area (Å²) in [6.45, 7) is 5.45. The van der Waals surface area contributed by atoms with Crippen molar-refractivity contribution in [3.63, 3.8) is 0 Å². The summed E-state index contributed by atoms with van der Waals surface area (Å²) in [6.07, 6.45) is 9.50. The summed E-state index contributed by atoms with van der Waals surface area (Å²) in [4.78, 5) is 24.1. The van der Waals surface area contributed by atoms with Gasteiger partial charge in [0, 0.05) is 70.3 Å². The summed E-state index contributed by atoms with van der Waals surface area (Å²) in [6, 6.07) is 30.3. The molecule has 14 nitrogen and oxygen atoms in total. The number of aldehydes is 1. The van der Waals surface area contributed by atoms with Gasteiger partial charge in [0.15, 0.2) is 23.2 Å². The largest absolute Gasteiger partial charge is 0.392 e. The van der Waals surface area contributed by atoms with Crippen LogP contribution in [0.1, 0.15) is 38.2 Å². The molecule has 1 N–H and O–H groups in total. The molecule has 3 aromatic carbocycles. The second-order valence-electron chi connectivity index (χ2n) is 14.3. The second kappa shape index (κ2) is 18.1. The first kappa shape index (κ1) is 44.6. The predicted molar refractivity (Wildman–Crippen MR) is 241 cm³/mol. The molecule has 6 aromatic heterocycles. The summed E-state index contributed by atoms with van der Waals surface area (Å²) in [5, 5.41) is 11.3. The molecule has 0 fully saturated rings. The fourth-order valence-corrected chi connectivity index (χ4v) is 10.8. The zero-order chi connectivity index (χ0) is 45.1. The molecule has 9 rings (SSSR count). The maximum atomic E-state index is 12.8. The van der Waals surface area contributed by atoms with E-state index in [1.54, 1.807) is 116 Å². The Balaban J connectivity index is 0.000000142. The molecule has 0 aliphatic carbocycles. The second-order valence-corrected chi connectivity index (χ2v) is 20.0. The Kier molecular flexibility index (Phi) is 12.8. The van der Waals surface area contributed by atoms with Crippen molar-refractivity contribution in [2.75, 3.05) is 0 Å². The molecule has 0 aliphatic rings. The van der Waals surface area contributed by atoms with Gasteiger partial charge in [-0.05, 0) is 99.1 Å². The van der Waals surface area contributed by atoms with Gasteiger partial charge in [0.1, 0.15) is 0 Å². The van der Waals surface area contributed by atoms with Crippen molar-refractivity contribution in [1.29, 1.82) is 0 Å². The molecule has 6 heterocycles. The molecule has 0 saturated carbocycles. The number of hydrogen-bond acceptors (Lipinski definition) is 11. The number of halogens is 1. The monoisotopic (exact) mass is 922 g/mol. The van der Waals surface area contributed by atoms with Crippen LogP contribution in [0.4, 0.5) is 0 Å². The minimum atomic E-state index is -3.78. The van der Waals surface area contributed by atoms with Crippen molar-refractivity contribution >= 4 is 81.1 Å². The summed E-state index contributed by atoms with van der Waals surface area (Å²) >= 11 is 5.90. The standard InChI is InChI=1S/C15H13ClN2O2S.C15H14N2O3S.C15H12N2O3S/c1-11-4-6-13(7-5-11)21(19,20)18-10-12(9-16)14-3-2-8-17-15(14)18;2*1-11-4-6-13(7-5-11)21(19,20)17-9-12(10-18)14-3-2-8-16-15(14)17/h2-8,10H,9H2,1H3;2-9,18H,10H2,1H3;2-10H,1H3. The quantitative estimate of drug-likeness (QED) is 0.110. The Morgan fingerprint density at radius 1 is 0.508 bits per heavy atom. The van der Waals surface area contributed by atoms with Crippen LogP contribution in [-0.2, 0) is 42.6 Å². The third-order valence-corrected chi connectivity index (χ3v) is 15.2. The van der Waals surface area contributed by atoms with Gasteiger partial charge < -0.3 is 5.11 Å². The van der Waals surface area contributed by atoms with Gasteiger partial charge in [-0.2, -0.15) is 0 Å². The molecule has 0 atom stereocenters. The lowest BCUT2D eigenvalue weighted by Crippen LogP contribution is -2.12. The van der Waals surface area contributed by atoms with Gasteiger partial charge >= 0.3 is 0 Å². The predicted octanol–water partition coefficient (Wildman–Crippen LogP) is 7.79. The minimum Gasteiger partial charge on any atom is -0.392 e. The van der Waals surface area contributed by atoms with Crippen LogP contribution in [0.15, 0.2) is 161 Å². The first-order chi connectivity index (χ1) is 30.1. The van der Waals surface area contributed by atoms with Crippen molar-refractivity contribution in [3.8, 4) is 0 Å². The van der Waals surface area contributed by atoms with Crippen molar-refractivity contribution in [2.24, 2.45) is 0 Å². The van der Waals surface area contributed by atoms with E-state index < -0.39 is 30.1 Å². The lowest BCUT2D eigenvalue weighted by atomic mass is 10.2. The maximum Gasteiger partial charge on any atom is 0.269 e. The van der Waals surface area contributed by atoms with Crippen LogP contribution in [0.25, 0.3) is 33.1 Å². The molecule has 0 spiro atoms. The highest BCUT2D eigenvalue weighted by Crippen LogP contribution is 2.28. The number of aliphatic hydroxyl groups is 1. The number of carbonyl (C=O) groups is 1. The summed E-state index contributed by atoms with van der Waals surface area (Å²) in [5.74, 6) is 0.235. The number of benzene rings is 3. The lowest BCUT2D eigenvalue weighted by molar-refractivity contribution is 0.112. The number of aliphatic hydroxyl groups excluding tert-OH is 1. The van der Waals surface area contributed by atoms with Gasteiger partial charge in [0.2, 0.25) is 0 Å². The van der Waals surface area contributed by atoms with Crippen molar-refractivity contribution in [2.45, 2.75) is 47.9 Å². The zero-order valence-corrected chi connectivity index (χ0v) is 37.1. The number of aromatic nitrogens is 6. The average molecular weight is 923 g/mol. The first-order valence-electron chi connectivity index (χ1n) is 19.1. The average Bonchev–Trinajstić information content (AvgIpc) is 4.00. The number of rotatable bonds is 9. The molecular formula is C45H39ClN6O8S3. The van der Waals surface area contributed by atoms with E-state index in [4.69, 9.17) is 11.6 Å². The molecule has 322 valence electrons. The minimum absolute atomic E-state index is 0.160. The molecule has 0 amide bonds. The maximum absolute atomic E-state index is 12.8.